The standard InChI is InChI=1S/C20H24N4O/c1-15(2)24-13-20(25)19-12-22(9-10-23(19)14-24)11-17-8-7-16-5-3-4-6-18(16)21-17/h3-8,12-13,15,25H,9-11,14H2,1-2H3. The minimum atomic E-state index is 0.344. The first-order valence-corrected chi connectivity index (χ1v) is 8.82. The van der Waals surface area contributed by atoms with E-state index < -0.39 is 0 Å². The van der Waals surface area contributed by atoms with E-state index in [1.54, 1.807) is 0 Å². The zero-order valence-electron chi connectivity index (χ0n) is 14.8. The van der Waals surface area contributed by atoms with Crippen LogP contribution in [0, 0.1) is 0 Å². The number of nitrogens with zero attached hydrogens (tertiary/aromatic N) is 4. The Morgan fingerprint density at radius 2 is 1.92 bits per heavy atom. The Balaban J connectivity index is 1.55. The average Bonchev–Trinajstić information content (AvgIpc) is 2.62. The molecule has 1 aromatic carbocycles. The van der Waals surface area contributed by atoms with E-state index in [-0.39, 0.29) is 0 Å². The van der Waals surface area contributed by atoms with Gasteiger partial charge in [0.1, 0.15) is 0 Å². The second-order valence-corrected chi connectivity index (χ2v) is 7.01. The van der Waals surface area contributed by atoms with Crippen molar-refractivity contribution < 1.29 is 5.11 Å². The van der Waals surface area contributed by atoms with Crippen molar-refractivity contribution in [2.75, 3.05) is 19.8 Å². The van der Waals surface area contributed by atoms with Gasteiger partial charge >= 0.3 is 0 Å². The minimum absolute atomic E-state index is 0.344. The summed E-state index contributed by atoms with van der Waals surface area (Å²) in [6.07, 6.45) is 3.91. The third-order valence-electron chi connectivity index (χ3n) is 4.87. The van der Waals surface area contributed by atoms with Crippen LogP contribution in [0.15, 0.2) is 60.3 Å². The fourth-order valence-electron chi connectivity index (χ4n) is 3.37. The zero-order valence-corrected chi connectivity index (χ0v) is 14.8. The van der Waals surface area contributed by atoms with Crippen molar-refractivity contribution in [3.8, 4) is 0 Å². The number of benzene rings is 1. The van der Waals surface area contributed by atoms with Gasteiger partial charge in [-0.25, -0.2) is 0 Å². The molecule has 2 aliphatic rings. The maximum absolute atomic E-state index is 10.4. The van der Waals surface area contributed by atoms with Crippen LogP contribution < -0.4 is 0 Å². The number of aromatic nitrogens is 1. The number of para-hydroxylation sites is 1. The molecular formula is C20H24N4O. The van der Waals surface area contributed by atoms with Crippen LogP contribution in [0.3, 0.4) is 0 Å². The lowest BCUT2D eigenvalue weighted by atomic mass is 10.2. The smallest absolute Gasteiger partial charge is 0.156 e. The van der Waals surface area contributed by atoms with Crippen molar-refractivity contribution in [3.63, 3.8) is 0 Å². The molecule has 5 nitrogen and oxygen atoms in total. The Morgan fingerprint density at radius 1 is 1.08 bits per heavy atom. The molecule has 0 atom stereocenters. The summed E-state index contributed by atoms with van der Waals surface area (Å²) < 4.78 is 0. The van der Waals surface area contributed by atoms with Gasteiger partial charge in [-0.05, 0) is 26.0 Å². The van der Waals surface area contributed by atoms with Gasteiger partial charge in [0.25, 0.3) is 0 Å². The lowest BCUT2D eigenvalue weighted by Gasteiger charge is -2.43. The zero-order chi connectivity index (χ0) is 17.4. The summed E-state index contributed by atoms with van der Waals surface area (Å²) in [6, 6.07) is 12.8. The highest BCUT2D eigenvalue weighted by Crippen LogP contribution is 2.25. The van der Waals surface area contributed by atoms with Crippen LogP contribution in [0.5, 0.6) is 0 Å². The topological polar surface area (TPSA) is 42.8 Å². The van der Waals surface area contributed by atoms with Crippen molar-refractivity contribution in [3.05, 3.63) is 65.9 Å². The predicted molar refractivity (Wildman–Crippen MR) is 99.5 cm³/mol. The molecule has 3 heterocycles. The lowest BCUT2D eigenvalue weighted by molar-refractivity contribution is 0.119. The van der Waals surface area contributed by atoms with Gasteiger partial charge in [-0.1, -0.05) is 24.3 Å². The van der Waals surface area contributed by atoms with Crippen molar-refractivity contribution in [1.29, 1.82) is 0 Å². The molecule has 0 fully saturated rings. The SMILES string of the molecule is CC(C)N1C=C(O)C2=CN(Cc3ccc4ccccc4n3)CCN2C1. The van der Waals surface area contributed by atoms with Gasteiger partial charge in [0.15, 0.2) is 5.76 Å². The van der Waals surface area contributed by atoms with Crippen LogP contribution in [0.1, 0.15) is 19.5 Å². The van der Waals surface area contributed by atoms with E-state index in [0.717, 1.165) is 48.6 Å². The van der Waals surface area contributed by atoms with Gasteiger partial charge in [-0.3, -0.25) is 4.98 Å². The van der Waals surface area contributed by atoms with Gasteiger partial charge < -0.3 is 19.8 Å². The van der Waals surface area contributed by atoms with Gasteiger partial charge in [-0.15, -0.1) is 0 Å². The van der Waals surface area contributed by atoms with Crippen molar-refractivity contribution >= 4 is 10.9 Å². The molecule has 25 heavy (non-hydrogen) atoms. The van der Waals surface area contributed by atoms with E-state index in [9.17, 15) is 5.11 Å². The summed E-state index contributed by atoms with van der Waals surface area (Å²) in [4.78, 5) is 11.4. The van der Waals surface area contributed by atoms with Gasteiger partial charge in [-0.2, -0.15) is 0 Å². The summed E-state index contributed by atoms with van der Waals surface area (Å²) in [5, 5.41) is 11.6. The molecule has 4 rings (SSSR count). The van der Waals surface area contributed by atoms with Gasteiger partial charge in [0.2, 0.25) is 0 Å². The van der Waals surface area contributed by atoms with Crippen LogP contribution in [-0.4, -0.2) is 50.6 Å². The van der Waals surface area contributed by atoms with Crippen LogP contribution >= 0.6 is 0 Å². The van der Waals surface area contributed by atoms with Crippen molar-refractivity contribution in [2.45, 2.75) is 26.4 Å². The third-order valence-corrected chi connectivity index (χ3v) is 4.87. The first kappa shape index (κ1) is 15.8. The highest BCUT2D eigenvalue weighted by molar-refractivity contribution is 5.78. The Hall–Kier alpha value is -2.69. The molecule has 0 saturated carbocycles. The second-order valence-electron chi connectivity index (χ2n) is 7.01. The Labute approximate surface area is 148 Å². The molecule has 130 valence electrons. The number of aliphatic hydroxyl groups is 1. The molecule has 2 aromatic rings. The Bertz CT molecular complexity index is 842. The number of hydrogen-bond acceptors (Lipinski definition) is 5. The molecule has 0 saturated heterocycles. The van der Waals surface area contributed by atoms with E-state index in [1.165, 1.54) is 0 Å². The quantitative estimate of drug-likeness (QED) is 0.932. The molecule has 0 radical (unpaired) electrons. The van der Waals surface area contributed by atoms with Crippen LogP contribution in [0.25, 0.3) is 10.9 Å². The highest BCUT2D eigenvalue weighted by atomic mass is 16.3. The summed E-state index contributed by atoms with van der Waals surface area (Å²) >= 11 is 0. The normalized spacial score (nSPS) is 17.6. The molecule has 0 spiro atoms. The van der Waals surface area contributed by atoms with Gasteiger partial charge in [0, 0.05) is 36.9 Å². The Morgan fingerprint density at radius 3 is 2.76 bits per heavy atom. The molecule has 1 aromatic heterocycles. The van der Waals surface area contributed by atoms with Crippen LogP contribution in [-0.2, 0) is 6.54 Å². The van der Waals surface area contributed by atoms with Crippen LogP contribution in [0.4, 0.5) is 0 Å². The first-order valence-electron chi connectivity index (χ1n) is 8.82. The predicted octanol–water partition coefficient (Wildman–Crippen LogP) is 3.27. The summed E-state index contributed by atoms with van der Waals surface area (Å²) in [5.74, 6) is 0.344. The Kier molecular flexibility index (Phi) is 3.99. The minimum Gasteiger partial charge on any atom is -0.504 e. The van der Waals surface area contributed by atoms with Crippen LogP contribution in [0.2, 0.25) is 0 Å². The number of aliphatic hydroxyl groups excluding tert-OH is 1. The van der Waals surface area contributed by atoms with Crippen molar-refractivity contribution in [1.82, 2.24) is 19.7 Å². The molecule has 0 amide bonds. The van der Waals surface area contributed by atoms with Gasteiger partial charge in [0.05, 0.1) is 30.1 Å². The molecule has 0 aliphatic carbocycles. The van der Waals surface area contributed by atoms with E-state index in [2.05, 4.69) is 52.9 Å². The fraction of sp³-hybridized carbons (Fsp3) is 0.350. The monoisotopic (exact) mass is 336 g/mol. The second kappa shape index (κ2) is 6.31. The van der Waals surface area contributed by atoms with Crippen molar-refractivity contribution in [2.24, 2.45) is 0 Å². The molecular weight excluding hydrogens is 312 g/mol. The van der Waals surface area contributed by atoms with E-state index >= 15 is 0 Å². The number of rotatable bonds is 3. The molecule has 0 unspecified atom stereocenters. The third kappa shape index (κ3) is 3.14. The molecule has 1 N–H and O–H groups in total. The lowest BCUT2D eigenvalue weighted by Crippen LogP contribution is -2.47. The summed E-state index contributed by atoms with van der Waals surface area (Å²) in [5.41, 5.74) is 2.98. The molecule has 5 heteroatoms. The van der Waals surface area contributed by atoms with E-state index in [1.807, 2.05) is 24.4 Å². The largest absolute Gasteiger partial charge is 0.504 e. The summed E-state index contributed by atoms with van der Waals surface area (Å²) in [6.45, 7) is 7.69. The summed E-state index contributed by atoms with van der Waals surface area (Å²) in [7, 11) is 0. The molecule has 2 aliphatic heterocycles. The maximum atomic E-state index is 10.4. The number of hydrogen-bond donors (Lipinski definition) is 1. The van der Waals surface area contributed by atoms with E-state index in [4.69, 9.17) is 4.98 Å². The molecule has 0 bridgehead atoms. The number of fused-ring (bicyclic) bond motifs is 2. The fourth-order valence-corrected chi connectivity index (χ4v) is 3.37. The first-order chi connectivity index (χ1) is 12.1. The average molecular weight is 336 g/mol. The maximum Gasteiger partial charge on any atom is 0.156 e. The number of pyridine rings is 1. The van der Waals surface area contributed by atoms with E-state index in [0.29, 0.717) is 11.8 Å². The highest BCUT2D eigenvalue weighted by Gasteiger charge is 2.27.